The Hall–Kier alpha value is -2.33. The van der Waals surface area contributed by atoms with Crippen LogP contribution in [0.2, 0.25) is 0 Å². The van der Waals surface area contributed by atoms with Crippen LogP contribution < -0.4 is 10.1 Å². The van der Waals surface area contributed by atoms with E-state index in [0.29, 0.717) is 12.2 Å². The third kappa shape index (κ3) is 3.86. The zero-order chi connectivity index (χ0) is 15.2. The molecule has 1 N–H and O–H groups in total. The van der Waals surface area contributed by atoms with Crippen molar-refractivity contribution < 1.29 is 14.3 Å². The second kappa shape index (κ2) is 7.09. The van der Waals surface area contributed by atoms with Gasteiger partial charge in [-0.1, -0.05) is 18.2 Å². The van der Waals surface area contributed by atoms with Gasteiger partial charge < -0.3 is 14.8 Å². The van der Waals surface area contributed by atoms with E-state index in [0.717, 1.165) is 30.9 Å². The third-order valence-corrected chi connectivity index (χ3v) is 3.61. The zero-order valence-electron chi connectivity index (χ0n) is 12.3. The van der Waals surface area contributed by atoms with Crippen molar-refractivity contribution in [2.45, 2.75) is 18.9 Å². The molecule has 2 aromatic carbocycles. The molecule has 4 heteroatoms. The maximum Gasteiger partial charge on any atom is 0.255 e. The van der Waals surface area contributed by atoms with Crippen LogP contribution in [0, 0.1) is 0 Å². The number of carbonyl (C=O) groups excluding carboxylic acids is 1. The van der Waals surface area contributed by atoms with E-state index in [1.165, 1.54) is 0 Å². The molecule has 114 valence electrons. The molecule has 0 saturated carbocycles. The van der Waals surface area contributed by atoms with Crippen LogP contribution in [-0.4, -0.2) is 25.2 Å². The molecular formula is C18H19NO3. The highest BCUT2D eigenvalue weighted by molar-refractivity contribution is 6.04. The minimum atomic E-state index is -0.128. The predicted molar refractivity (Wildman–Crippen MR) is 85.3 cm³/mol. The zero-order valence-corrected chi connectivity index (χ0v) is 12.3. The van der Waals surface area contributed by atoms with Crippen molar-refractivity contribution in [1.29, 1.82) is 0 Å². The lowest BCUT2D eigenvalue weighted by atomic mass is 10.2. The fourth-order valence-corrected chi connectivity index (χ4v) is 2.39. The summed E-state index contributed by atoms with van der Waals surface area (Å²) in [4.78, 5) is 12.1. The summed E-state index contributed by atoms with van der Waals surface area (Å²) in [5, 5.41) is 2.85. The van der Waals surface area contributed by atoms with Gasteiger partial charge in [0.2, 0.25) is 0 Å². The first-order chi connectivity index (χ1) is 10.8. The summed E-state index contributed by atoms with van der Waals surface area (Å²) in [5.41, 5.74) is 1.39. The number of carbonyl (C=O) groups is 1. The second-order valence-electron chi connectivity index (χ2n) is 5.29. The molecule has 3 rings (SSSR count). The molecule has 0 bridgehead atoms. The molecule has 1 heterocycles. The van der Waals surface area contributed by atoms with E-state index >= 15 is 0 Å². The van der Waals surface area contributed by atoms with Crippen molar-refractivity contribution >= 4 is 11.6 Å². The van der Waals surface area contributed by atoms with Gasteiger partial charge in [-0.25, -0.2) is 0 Å². The van der Waals surface area contributed by atoms with Gasteiger partial charge in [-0.3, -0.25) is 4.79 Å². The van der Waals surface area contributed by atoms with Gasteiger partial charge in [0.1, 0.15) is 12.4 Å². The number of hydrogen-bond donors (Lipinski definition) is 1. The number of benzene rings is 2. The van der Waals surface area contributed by atoms with E-state index < -0.39 is 0 Å². The number of hydrogen-bond acceptors (Lipinski definition) is 3. The molecule has 0 radical (unpaired) electrons. The smallest absolute Gasteiger partial charge is 0.255 e. The Bertz CT molecular complexity index is 604. The molecule has 1 amide bonds. The average Bonchev–Trinajstić information content (AvgIpc) is 3.08. The van der Waals surface area contributed by atoms with E-state index in [9.17, 15) is 4.79 Å². The van der Waals surface area contributed by atoms with E-state index in [4.69, 9.17) is 9.47 Å². The summed E-state index contributed by atoms with van der Waals surface area (Å²) in [6.07, 6.45) is 2.35. The SMILES string of the molecule is O=C(Nc1ccccc1)c1ccc(OC[C@H]2CCCO2)cc1. The molecule has 1 saturated heterocycles. The first kappa shape index (κ1) is 14.6. The normalized spacial score (nSPS) is 17.2. The van der Waals surface area contributed by atoms with Crippen LogP contribution in [0.1, 0.15) is 23.2 Å². The Labute approximate surface area is 130 Å². The number of amides is 1. The van der Waals surface area contributed by atoms with Crippen LogP contribution in [0.5, 0.6) is 5.75 Å². The number of nitrogens with one attached hydrogen (secondary N) is 1. The van der Waals surface area contributed by atoms with Crippen LogP contribution in [0.4, 0.5) is 5.69 Å². The van der Waals surface area contributed by atoms with Gasteiger partial charge in [0, 0.05) is 17.9 Å². The fourth-order valence-electron chi connectivity index (χ4n) is 2.39. The Morgan fingerprint density at radius 1 is 1.14 bits per heavy atom. The summed E-state index contributed by atoms with van der Waals surface area (Å²) in [6.45, 7) is 1.39. The van der Waals surface area contributed by atoms with Gasteiger partial charge in [0.15, 0.2) is 0 Å². The lowest BCUT2D eigenvalue weighted by molar-refractivity contribution is 0.0679. The minimum absolute atomic E-state index is 0.128. The molecule has 1 aliphatic heterocycles. The third-order valence-electron chi connectivity index (χ3n) is 3.61. The first-order valence-electron chi connectivity index (χ1n) is 7.52. The maximum atomic E-state index is 12.1. The molecule has 0 aromatic heterocycles. The van der Waals surface area contributed by atoms with Gasteiger partial charge in [-0.2, -0.15) is 0 Å². The van der Waals surface area contributed by atoms with Crippen LogP contribution >= 0.6 is 0 Å². The first-order valence-corrected chi connectivity index (χ1v) is 7.52. The molecule has 1 fully saturated rings. The van der Waals surface area contributed by atoms with Crippen molar-refractivity contribution in [3.05, 3.63) is 60.2 Å². The number of anilines is 1. The second-order valence-corrected chi connectivity index (χ2v) is 5.29. The van der Waals surface area contributed by atoms with Gasteiger partial charge >= 0.3 is 0 Å². The summed E-state index contributed by atoms with van der Waals surface area (Å²) in [6, 6.07) is 16.6. The van der Waals surface area contributed by atoms with Crippen molar-refractivity contribution in [2.75, 3.05) is 18.5 Å². The molecule has 1 atom stereocenters. The highest BCUT2D eigenvalue weighted by Gasteiger charge is 2.16. The number of para-hydroxylation sites is 1. The Morgan fingerprint density at radius 2 is 1.91 bits per heavy atom. The average molecular weight is 297 g/mol. The van der Waals surface area contributed by atoms with Gasteiger partial charge in [-0.05, 0) is 49.2 Å². The molecule has 2 aromatic rings. The molecule has 0 unspecified atom stereocenters. The molecule has 0 spiro atoms. The number of ether oxygens (including phenoxy) is 2. The van der Waals surface area contributed by atoms with E-state index in [-0.39, 0.29) is 12.0 Å². The monoisotopic (exact) mass is 297 g/mol. The fraction of sp³-hybridized carbons (Fsp3) is 0.278. The quantitative estimate of drug-likeness (QED) is 0.919. The van der Waals surface area contributed by atoms with Gasteiger partial charge in [0.25, 0.3) is 5.91 Å². The number of rotatable bonds is 5. The van der Waals surface area contributed by atoms with Crippen molar-refractivity contribution in [3.63, 3.8) is 0 Å². The Balaban J connectivity index is 1.55. The van der Waals surface area contributed by atoms with E-state index in [1.807, 2.05) is 42.5 Å². The molecule has 4 nitrogen and oxygen atoms in total. The van der Waals surface area contributed by atoms with Crippen molar-refractivity contribution in [3.8, 4) is 5.75 Å². The van der Waals surface area contributed by atoms with Crippen LogP contribution in [0.3, 0.4) is 0 Å². The molecular weight excluding hydrogens is 278 g/mol. The van der Waals surface area contributed by atoms with Gasteiger partial charge in [0.05, 0.1) is 6.10 Å². The summed E-state index contributed by atoms with van der Waals surface area (Å²) in [7, 11) is 0. The molecule has 0 aliphatic carbocycles. The Morgan fingerprint density at radius 3 is 2.59 bits per heavy atom. The minimum Gasteiger partial charge on any atom is -0.491 e. The van der Waals surface area contributed by atoms with Gasteiger partial charge in [-0.15, -0.1) is 0 Å². The summed E-state index contributed by atoms with van der Waals surface area (Å²) >= 11 is 0. The van der Waals surface area contributed by atoms with Crippen LogP contribution in [-0.2, 0) is 4.74 Å². The summed E-state index contributed by atoms with van der Waals surface area (Å²) in [5.74, 6) is 0.628. The standard InChI is InChI=1S/C18H19NO3/c20-18(19-15-5-2-1-3-6-15)14-8-10-16(11-9-14)22-13-17-7-4-12-21-17/h1-3,5-6,8-11,17H,4,7,12-13H2,(H,19,20)/t17-/m1/s1. The predicted octanol–water partition coefficient (Wildman–Crippen LogP) is 3.50. The van der Waals surface area contributed by atoms with E-state index in [2.05, 4.69) is 5.32 Å². The Kier molecular flexibility index (Phi) is 4.71. The molecule has 22 heavy (non-hydrogen) atoms. The van der Waals surface area contributed by atoms with Crippen LogP contribution in [0.15, 0.2) is 54.6 Å². The highest BCUT2D eigenvalue weighted by Crippen LogP contribution is 2.17. The van der Waals surface area contributed by atoms with Crippen LogP contribution in [0.25, 0.3) is 0 Å². The highest BCUT2D eigenvalue weighted by atomic mass is 16.5. The topological polar surface area (TPSA) is 47.6 Å². The lowest BCUT2D eigenvalue weighted by Crippen LogP contribution is -2.16. The van der Waals surface area contributed by atoms with Crippen molar-refractivity contribution in [1.82, 2.24) is 0 Å². The maximum absolute atomic E-state index is 12.1. The molecule has 1 aliphatic rings. The van der Waals surface area contributed by atoms with E-state index in [1.54, 1.807) is 12.1 Å². The summed E-state index contributed by atoms with van der Waals surface area (Å²) < 4.78 is 11.2. The largest absolute Gasteiger partial charge is 0.491 e. The van der Waals surface area contributed by atoms with Crippen molar-refractivity contribution in [2.24, 2.45) is 0 Å². The lowest BCUT2D eigenvalue weighted by Gasteiger charge is -2.11.